The highest BCUT2D eigenvalue weighted by Gasteiger charge is 2.22. The van der Waals surface area contributed by atoms with Crippen LogP contribution in [0.25, 0.3) is 0 Å². The van der Waals surface area contributed by atoms with Crippen LogP contribution in [-0.2, 0) is 0 Å². The van der Waals surface area contributed by atoms with Gasteiger partial charge in [0.1, 0.15) is 5.69 Å². The second-order valence-electron chi connectivity index (χ2n) is 4.01. The molecule has 108 valence electrons. The summed E-state index contributed by atoms with van der Waals surface area (Å²) in [5.41, 5.74) is -0.128. The summed E-state index contributed by atoms with van der Waals surface area (Å²) in [6.07, 6.45) is 0. The molecule has 0 saturated carbocycles. The summed E-state index contributed by atoms with van der Waals surface area (Å²) in [5, 5.41) is 23.5. The van der Waals surface area contributed by atoms with Crippen molar-refractivity contribution in [2.24, 2.45) is 0 Å². The second kappa shape index (κ2) is 6.11. The number of anilines is 2. The van der Waals surface area contributed by atoms with E-state index in [1.165, 1.54) is 18.2 Å². The first kappa shape index (κ1) is 15.3. The Labute approximate surface area is 132 Å². The summed E-state index contributed by atoms with van der Waals surface area (Å²) in [4.78, 5) is 21.7. The van der Waals surface area contributed by atoms with Crippen molar-refractivity contribution in [3.05, 3.63) is 61.6 Å². The normalized spacial score (nSPS) is 10.2. The number of carboxylic acids is 1. The number of aromatic carboxylic acids is 1. The Morgan fingerprint density at radius 1 is 1.33 bits per heavy atom. The molecule has 0 aromatic heterocycles. The van der Waals surface area contributed by atoms with Crippen LogP contribution in [0.1, 0.15) is 10.4 Å². The molecule has 0 bridgehead atoms. The monoisotopic (exact) mass is 370 g/mol. The molecule has 2 N–H and O–H groups in total. The van der Waals surface area contributed by atoms with Gasteiger partial charge in [0, 0.05) is 15.6 Å². The third-order valence-electron chi connectivity index (χ3n) is 2.66. The van der Waals surface area contributed by atoms with Crippen molar-refractivity contribution >= 4 is 50.6 Å². The fourth-order valence-electron chi connectivity index (χ4n) is 1.73. The van der Waals surface area contributed by atoms with E-state index in [0.29, 0.717) is 15.2 Å². The Hall–Kier alpha value is -2.12. The molecule has 2 aromatic rings. The maximum Gasteiger partial charge on any atom is 0.338 e. The van der Waals surface area contributed by atoms with Crippen molar-refractivity contribution in [2.45, 2.75) is 0 Å². The molecule has 0 unspecified atom stereocenters. The molecular weight excluding hydrogens is 364 g/mol. The number of benzene rings is 2. The number of nitro groups is 1. The van der Waals surface area contributed by atoms with Crippen LogP contribution in [0.3, 0.4) is 0 Å². The topological polar surface area (TPSA) is 92.5 Å². The highest BCUT2D eigenvalue weighted by atomic mass is 79.9. The third kappa shape index (κ3) is 3.32. The lowest BCUT2D eigenvalue weighted by molar-refractivity contribution is -0.383. The molecule has 21 heavy (non-hydrogen) atoms. The maximum absolute atomic E-state index is 11.2. The van der Waals surface area contributed by atoms with Gasteiger partial charge in [-0.15, -0.1) is 0 Å². The second-order valence-corrected chi connectivity index (χ2v) is 5.30. The lowest BCUT2D eigenvalue weighted by Crippen LogP contribution is -2.06. The van der Waals surface area contributed by atoms with Gasteiger partial charge in [0.15, 0.2) is 0 Å². The van der Waals surface area contributed by atoms with Crippen LogP contribution >= 0.6 is 27.5 Å². The first-order valence-corrected chi connectivity index (χ1v) is 6.80. The number of nitrogens with one attached hydrogen (secondary N) is 1. The van der Waals surface area contributed by atoms with Gasteiger partial charge in [-0.1, -0.05) is 17.7 Å². The van der Waals surface area contributed by atoms with E-state index in [9.17, 15) is 14.9 Å². The average molecular weight is 372 g/mol. The molecule has 0 spiro atoms. The highest BCUT2D eigenvalue weighted by Crippen LogP contribution is 2.35. The molecule has 2 aromatic carbocycles. The smallest absolute Gasteiger partial charge is 0.338 e. The Bertz CT molecular complexity index is 704. The number of para-hydroxylation sites is 1. The minimum absolute atomic E-state index is 0.0852. The van der Waals surface area contributed by atoms with E-state index in [0.717, 1.165) is 0 Å². The average Bonchev–Trinajstić information content (AvgIpc) is 2.41. The molecule has 8 heteroatoms. The lowest BCUT2D eigenvalue weighted by Gasteiger charge is -2.11. The molecule has 0 aliphatic rings. The van der Waals surface area contributed by atoms with Crippen LogP contribution in [0.2, 0.25) is 5.02 Å². The van der Waals surface area contributed by atoms with Crippen LogP contribution in [-0.4, -0.2) is 16.0 Å². The van der Waals surface area contributed by atoms with Gasteiger partial charge in [-0.05, 0) is 40.2 Å². The number of nitrogens with zero attached hydrogens (tertiary/aromatic N) is 1. The van der Waals surface area contributed by atoms with Crippen molar-refractivity contribution in [1.82, 2.24) is 0 Å². The molecule has 0 heterocycles. The molecule has 0 aliphatic heterocycles. The zero-order chi connectivity index (χ0) is 15.6. The summed E-state index contributed by atoms with van der Waals surface area (Å²) in [7, 11) is 0. The molecule has 0 atom stereocenters. The quantitative estimate of drug-likeness (QED) is 0.612. The van der Waals surface area contributed by atoms with Gasteiger partial charge in [-0.25, -0.2) is 4.79 Å². The highest BCUT2D eigenvalue weighted by molar-refractivity contribution is 9.10. The molecule has 0 radical (unpaired) electrons. The van der Waals surface area contributed by atoms with E-state index in [-0.39, 0.29) is 16.9 Å². The summed E-state index contributed by atoms with van der Waals surface area (Å²) in [6, 6.07) is 8.63. The van der Waals surface area contributed by atoms with Gasteiger partial charge in [0.25, 0.3) is 5.69 Å². The number of hydrogen-bond acceptors (Lipinski definition) is 4. The van der Waals surface area contributed by atoms with Gasteiger partial charge >= 0.3 is 5.97 Å². The van der Waals surface area contributed by atoms with Gasteiger partial charge in [-0.2, -0.15) is 0 Å². The fraction of sp³-hybridized carbons (Fsp3) is 0. The van der Waals surface area contributed by atoms with E-state index >= 15 is 0 Å². The van der Waals surface area contributed by atoms with Crippen molar-refractivity contribution in [1.29, 1.82) is 0 Å². The minimum Gasteiger partial charge on any atom is -0.478 e. The summed E-state index contributed by atoms with van der Waals surface area (Å²) >= 11 is 9.09. The van der Waals surface area contributed by atoms with Crippen LogP contribution in [0.15, 0.2) is 40.9 Å². The first-order valence-electron chi connectivity index (χ1n) is 5.63. The third-order valence-corrected chi connectivity index (χ3v) is 3.55. The number of nitro benzene ring substituents is 1. The molecule has 0 fully saturated rings. The van der Waals surface area contributed by atoms with Gasteiger partial charge in [0.05, 0.1) is 16.2 Å². The Morgan fingerprint density at radius 3 is 2.62 bits per heavy atom. The lowest BCUT2D eigenvalue weighted by atomic mass is 10.1. The van der Waals surface area contributed by atoms with Crippen molar-refractivity contribution in [3.8, 4) is 0 Å². The number of hydrogen-bond donors (Lipinski definition) is 2. The Balaban J connectivity index is 2.56. The predicted octanol–water partition coefficient (Wildman–Crippen LogP) is 4.45. The zero-order valence-electron chi connectivity index (χ0n) is 10.3. The number of rotatable bonds is 4. The molecule has 0 saturated heterocycles. The van der Waals surface area contributed by atoms with Gasteiger partial charge in [0.2, 0.25) is 0 Å². The predicted molar refractivity (Wildman–Crippen MR) is 82.5 cm³/mol. The van der Waals surface area contributed by atoms with Crippen molar-refractivity contribution in [2.75, 3.05) is 5.32 Å². The van der Waals surface area contributed by atoms with E-state index in [2.05, 4.69) is 21.2 Å². The van der Waals surface area contributed by atoms with Crippen LogP contribution in [0.4, 0.5) is 17.1 Å². The van der Waals surface area contributed by atoms with Crippen molar-refractivity contribution < 1.29 is 14.8 Å². The standard InChI is InChI=1S/C13H8BrClN2O4/c14-9-6-7(15)4-5-10(9)16-12-8(13(18)19)2-1-3-11(12)17(20)21/h1-6,16H,(H,18,19). The summed E-state index contributed by atoms with van der Waals surface area (Å²) < 4.78 is 0.560. The Kier molecular flexibility index (Phi) is 4.44. The first-order chi connectivity index (χ1) is 9.90. The largest absolute Gasteiger partial charge is 0.478 e. The van der Waals surface area contributed by atoms with Crippen LogP contribution in [0.5, 0.6) is 0 Å². The maximum atomic E-state index is 11.2. The minimum atomic E-state index is -1.26. The number of carbonyl (C=O) groups is 1. The van der Waals surface area contributed by atoms with E-state index < -0.39 is 10.9 Å². The Morgan fingerprint density at radius 2 is 2.05 bits per heavy atom. The van der Waals surface area contributed by atoms with Gasteiger partial charge in [-0.3, -0.25) is 10.1 Å². The molecule has 6 nitrogen and oxygen atoms in total. The van der Waals surface area contributed by atoms with E-state index in [1.807, 2.05) is 0 Å². The van der Waals surface area contributed by atoms with E-state index in [1.54, 1.807) is 18.2 Å². The number of carboxylic acid groups (broad SMARTS) is 1. The van der Waals surface area contributed by atoms with Gasteiger partial charge < -0.3 is 10.4 Å². The van der Waals surface area contributed by atoms with Crippen LogP contribution < -0.4 is 5.32 Å². The van der Waals surface area contributed by atoms with E-state index in [4.69, 9.17) is 16.7 Å². The van der Waals surface area contributed by atoms with Crippen LogP contribution in [0, 0.1) is 10.1 Å². The van der Waals surface area contributed by atoms with Crippen molar-refractivity contribution in [3.63, 3.8) is 0 Å². The summed E-state index contributed by atoms with van der Waals surface area (Å²) in [6.45, 7) is 0. The molecule has 0 amide bonds. The number of halogens is 2. The fourth-order valence-corrected chi connectivity index (χ4v) is 2.51. The SMILES string of the molecule is O=C(O)c1cccc([N+](=O)[O-])c1Nc1ccc(Cl)cc1Br. The molecule has 0 aliphatic carbocycles. The summed E-state index contributed by atoms with van der Waals surface area (Å²) in [5.74, 6) is -1.26. The molecule has 2 rings (SSSR count). The molecular formula is C13H8BrClN2O4. The zero-order valence-corrected chi connectivity index (χ0v) is 12.7.